The van der Waals surface area contributed by atoms with Gasteiger partial charge >= 0.3 is 0 Å². The summed E-state index contributed by atoms with van der Waals surface area (Å²) in [5.41, 5.74) is 0. The molecular formula is C62H110FN11O12. The normalized spacial score (nSPS) is 27.8. The van der Waals surface area contributed by atoms with Crippen molar-refractivity contribution in [2.24, 2.45) is 41.4 Å². The zero-order chi connectivity index (χ0) is 67.6. The van der Waals surface area contributed by atoms with Gasteiger partial charge in [-0.2, -0.15) is 0 Å². The fraction of sp³-hybridized carbons (Fsp3) is 0.790. The first-order valence-corrected chi connectivity index (χ1v) is 30.5. The number of amides is 11. The van der Waals surface area contributed by atoms with Crippen molar-refractivity contribution in [2.45, 2.75) is 216 Å². The van der Waals surface area contributed by atoms with Crippen LogP contribution in [0.5, 0.6) is 0 Å². The van der Waals surface area contributed by atoms with E-state index in [-0.39, 0.29) is 62.2 Å². The van der Waals surface area contributed by atoms with Crippen LogP contribution in [-0.4, -0.2) is 233 Å². The minimum Gasteiger partial charge on any atom is -0.390 e. The van der Waals surface area contributed by atoms with Crippen LogP contribution < -0.4 is 21.3 Å². The first kappa shape index (κ1) is 75.9. The number of aliphatic hydroxyl groups excluding tert-OH is 1. The number of hydrogen-bond donors (Lipinski definition) is 5. The molecule has 0 aromatic rings. The Morgan fingerprint density at radius 3 is 1.40 bits per heavy atom. The maximum absolute atomic E-state index is 15.3. The molecule has 12 atom stereocenters. The molecular weight excluding hydrogens is 1110 g/mol. The fourth-order valence-corrected chi connectivity index (χ4v) is 10.6. The molecule has 0 bridgehead atoms. The summed E-state index contributed by atoms with van der Waals surface area (Å²) in [4.78, 5) is 168. The lowest BCUT2D eigenvalue weighted by molar-refractivity contribution is -0.157. The van der Waals surface area contributed by atoms with E-state index in [9.17, 15) is 48.3 Å². The Morgan fingerprint density at radius 2 is 0.953 bits per heavy atom. The van der Waals surface area contributed by atoms with Gasteiger partial charge in [-0.3, -0.25) is 52.7 Å². The number of alkyl halides is 1. The van der Waals surface area contributed by atoms with Gasteiger partial charge in [-0.05, 0) is 93.8 Å². The second-order valence-corrected chi connectivity index (χ2v) is 25.9. The van der Waals surface area contributed by atoms with E-state index in [4.69, 9.17) is 1.37 Å². The highest BCUT2D eigenvalue weighted by Gasteiger charge is 2.46. The molecule has 11 amide bonds. The number of aliphatic hydroxyl groups is 1. The lowest BCUT2D eigenvalue weighted by atomic mass is 9.91. The molecule has 1 saturated heterocycles. The summed E-state index contributed by atoms with van der Waals surface area (Å²) in [5.74, 6) is -12.1. The zero-order valence-electron chi connectivity index (χ0n) is 57.1. The van der Waals surface area contributed by atoms with Crippen LogP contribution >= 0.6 is 0 Å². The van der Waals surface area contributed by atoms with Gasteiger partial charge < -0.3 is 60.7 Å². The molecule has 0 aliphatic carbocycles. The highest BCUT2D eigenvalue weighted by Crippen LogP contribution is 2.26. The summed E-state index contributed by atoms with van der Waals surface area (Å²) in [6.45, 7) is 25.1. The Morgan fingerprint density at radius 1 is 0.523 bits per heavy atom. The van der Waals surface area contributed by atoms with Gasteiger partial charge in [0.05, 0.1) is 14.0 Å². The minimum atomic E-state index is -3.05. The Hall–Kier alpha value is -6.20. The van der Waals surface area contributed by atoms with E-state index in [1.807, 2.05) is 27.7 Å². The molecule has 1 fully saturated rings. The van der Waals surface area contributed by atoms with Crippen molar-refractivity contribution in [2.75, 3.05) is 62.6 Å². The first-order chi connectivity index (χ1) is 40.1. The number of likely N-dealkylation sites (N-methyl/N-ethyl adjacent to an activating group) is 7. The number of rotatable bonds is 16. The number of allylic oxidation sites excluding steroid dienone is 2. The smallest absolute Gasteiger partial charge is 0.248 e. The van der Waals surface area contributed by atoms with E-state index in [1.165, 1.54) is 66.1 Å². The molecule has 0 aromatic heterocycles. The van der Waals surface area contributed by atoms with Crippen molar-refractivity contribution in [1.29, 1.82) is 0 Å². The lowest BCUT2D eigenvalue weighted by Crippen LogP contribution is -2.63. The molecule has 0 aromatic carbocycles. The number of nitrogens with one attached hydrogen (secondary N) is 4. The number of halogens is 1. The van der Waals surface area contributed by atoms with E-state index in [0.29, 0.717) is 0 Å². The van der Waals surface area contributed by atoms with Crippen LogP contribution in [0.25, 0.3) is 0 Å². The zero-order valence-corrected chi connectivity index (χ0v) is 56.1. The van der Waals surface area contributed by atoms with Crippen molar-refractivity contribution < 1.29 is 63.6 Å². The van der Waals surface area contributed by atoms with Crippen molar-refractivity contribution in [3.8, 4) is 0 Å². The summed E-state index contributed by atoms with van der Waals surface area (Å²) < 4.78 is 24.4. The molecule has 24 heteroatoms. The van der Waals surface area contributed by atoms with Crippen LogP contribution in [0.2, 0.25) is 0 Å². The highest BCUT2D eigenvalue weighted by molar-refractivity contribution is 5.99. The molecule has 0 saturated carbocycles. The van der Waals surface area contributed by atoms with Gasteiger partial charge in [0.2, 0.25) is 65.0 Å². The van der Waals surface area contributed by atoms with Gasteiger partial charge in [0.15, 0.2) is 0 Å². The lowest BCUT2D eigenvalue weighted by Gasteiger charge is -2.41. The molecule has 5 N–H and O–H groups in total. The molecule has 1 rings (SSSR count). The molecule has 0 spiro atoms. The van der Waals surface area contributed by atoms with Crippen molar-refractivity contribution in [3.63, 3.8) is 0 Å². The van der Waals surface area contributed by atoms with Gasteiger partial charge in [-0.15, -0.1) is 0 Å². The molecule has 0 radical (unpaired) electrons. The molecule has 23 nitrogen and oxygen atoms in total. The largest absolute Gasteiger partial charge is 0.390 e. The Labute approximate surface area is 514 Å². The molecule has 86 heavy (non-hydrogen) atoms. The number of nitrogens with zero attached hydrogens (tertiary/aromatic N) is 7. The van der Waals surface area contributed by atoms with E-state index >= 15 is 14.0 Å². The Kier molecular flexibility index (Phi) is 31.4. The third-order valence-corrected chi connectivity index (χ3v) is 16.0. The first-order valence-electron chi connectivity index (χ1n) is 31.0. The molecule has 1 heterocycles. The number of carbonyl (C=O) groups is 11. The second-order valence-electron chi connectivity index (χ2n) is 25.9. The monoisotopic (exact) mass is 1220 g/mol. The van der Waals surface area contributed by atoms with E-state index in [0.717, 1.165) is 24.5 Å². The summed E-state index contributed by atoms with van der Waals surface area (Å²) in [7, 11) is 9.32. The molecule has 1 aliphatic heterocycles. The quantitative estimate of drug-likeness (QED) is 0.139. The van der Waals surface area contributed by atoms with Gasteiger partial charge in [0, 0.05) is 49.3 Å². The summed E-state index contributed by atoms with van der Waals surface area (Å²) >= 11 is 0. The SMILES string of the molecule is [2H][C@]1(CF)NC(=O)[C@H](C)NC(=O)[C@H](CC(C)C)N(C)C(=O)[C@H](C(C)C)NC(=O)[C@H](CC(C)C)N(C)C(=O)CN(C)C(=O)[C@H](CC)NC(=O)[C@H]([C@H](O)[C@H](C)C/C=C/C)N(C)C(=O)[C@H](C(C)C)N(C)C(=O)[C@H](CC(C)C)N(C)C(=O)[C@H](CC(C)C)N(C)C1=O. The molecule has 0 unspecified atom stereocenters. The second kappa shape index (κ2) is 35.6. The Bertz CT molecular complexity index is 2410. The standard InChI is InChI=1S/C62H110FN11O12/c1-24-26-27-40(15)52(76)51-56(80)65-42(25-2)57(81)68(17)33-48(75)69(18)44(28-34(3)4)55(79)67-49(38(11)12)61(85)70(19)45(29-35(5)6)54(78)64-41(16)53(77)66-43(32-63)58(82)71(20)46(30-36(7)8)59(83)72(21)47(31-37(9)10)60(84)73(22)50(39(13)14)62(86)74(51)23/h24,26,34-47,49-52,76H,25,27-33H2,1-23H3,(H,64,78)(H,65,80)(H,66,77)(H,67,79)/b26-24+/t40-,41+,42+,43-,44+,45+,46+,47+,49+,50+,51+,52-/m1/s1/i43D. The van der Waals surface area contributed by atoms with Crippen molar-refractivity contribution >= 4 is 65.0 Å². The highest BCUT2D eigenvalue weighted by atomic mass is 19.1. The van der Waals surface area contributed by atoms with E-state index < -0.39 is 162 Å². The van der Waals surface area contributed by atoms with Gasteiger partial charge in [-0.25, -0.2) is 4.39 Å². The van der Waals surface area contributed by atoms with Crippen molar-refractivity contribution in [1.82, 2.24) is 55.6 Å². The Balaban J connectivity index is 4.41. The van der Waals surface area contributed by atoms with E-state index in [2.05, 4.69) is 21.3 Å². The van der Waals surface area contributed by atoms with E-state index in [1.54, 1.807) is 88.3 Å². The van der Waals surface area contributed by atoms with Gasteiger partial charge in [-0.1, -0.05) is 109 Å². The average molecular weight is 1220 g/mol. The summed E-state index contributed by atoms with van der Waals surface area (Å²) in [6.07, 6.45) is 2.45. The fourth-order valence-electron chi connectivity index (χ4n) is 10.6. The van der Waals surface area contributed by atoms with Crippen LogP contribution in [0, 0.1) is 41.4 Å². The molecule has 1 aliphatic rings. The van der Waals surface area contributed by atoms with Gasteiger partial charge in [0.25, 0.3) is 0 Å². The minimum absolute atomic E-state index is 0.00411. The predicted octanol–water partition coefficient (Wildman–Crippen LogP) is 3.22. The number of hydrogen-bond acceptors (Lipinski definition) is 12. The van der Waals surface area contributed by atoms with Gasteiger partial charge in [0.1, 0.15) is 67.1 Å². The summed E-state index contributed by atoms with van der Waals surface area (Å²) in [5, 5.41) is 22.3. The average Bonchev–Trinajstić information content (AvgIpc) is 1.43. The van der Waals surface area contributed by atoms with Crippen LogP contribution in [0.15, 0.2) is 12.2 Å². The maximum Gasteiger partial charge on any atom is 0.248 e. The van der Waals surface area contributed by atoms with Crippen LogP contribution in [-0.2, 0) is 52.7 Å². The number of carbonyl (C=O) groups excluding carboxylic acids is 11. The third kappa shape index (κ3) is 21.6. The van der Waals surface area contributed by atoms with Crippen LogP contribution in [0.1, 0.15) is 151 Å². The summed E-state index contributed by atoms with van der Waals surface area (Å²) in [6, 6.07) is -15.3. The van der Waals surface area contributed by atoms with Crippen molar-refractivity contribution in [3.05, 3.63) is 12.2 Å². The van der Waals surface area contributed by atoms with Crippen LogP contribution in [0.3, 0.4) is 0 Å². The van der Waals surface area contributed by atoms with Crippen LogP contribution in [0.4, 0.5) is 4.39 Å². The maximum atomic E-state index is 15.3. The third-order valence-electron chi connectivity index (χ3n) is 16.0. The predicted molar refractivity (Wildman–Crippen MR) is 329 cm³/mol. The molecule has 492 valence electrons. The topological polar surface area (TPSA) is 279 Å².